The fourth-order valence-corrected chi connectivity index (χ4v) is 7.83. The summed E-state index contributed by atoms with van der Waals surface area (Å²) >= 11 is 7.18. The maximum Gasteiger partial charge on any atom is 0.293 e. The summed E-state index contributed by atoms with van der Waals surface area (Å²) in [5.41, 5.74) is 2.70. The summed E-state index contributed by atoms with van der Waals surface area (Å²) in [7, 11) is 0. The van der Waals surface area contributed by atoms with E-state index in [4.69, 9.17) is 16.3 Å². The van der Waals surface area contributed by atoms with E-state index in [1.165, 1.54) is 16.5 Å². The number of hydroxylamine groups is 2. The minimum Gasteiger partial charge on any atom is -0.632 e. The quantitative estimate of drug-likeness (QED) is 0.0448. The van der Waals surface area contributed by atoms with Crippen LogP contribution in [0.4, 0.5) is 17.1 Å². The smallest absolute Gasteiger partial charge is 0.293 e. The zero-order valence-electron chi connectivity index (χ0n) is 35.8. The van der Waals surface area contributed by atoms with Crippen LogP contribution in [0.25, 0.3) is 0 Å². The minimum atomic E-state index is -2.61. The van der Waals surface area contributed by atoms with Crippen LogP contribution >= 0.6 is 11.6 Å². The predicted octanol–water partition coefficient (Wildman–Crippen LogP) is 8.89. The number of hydrogen-bond donors (Lipinski definition) is 3. The first kappa shape index (κ1) is 45.1. The molecule has 0 bridgehead atoms. The largest absolute Gasteiger partial charge is 0.632 e. The minimum absolute atomic E-state index is 0.0387. The summed E-state index contributed by atoms with van der Waals surface area (Å²) in [4.78, 5) is 55.0. The first-order chi connectivity index (χ1) is 27.8. The van der Waals surface area contributed by atoms with Gasteiger partial charge in [-0.15, -0.1) is 0 Å². The lowest BCUT2D eigenvalue weighted by Crippen LogP contribution is -3.13. The number of anilines is 3. The number of rotatable bonds is 16. The van der Waals surface area contributed by atoms with Gasteiger partial charge in [-0.3, -0.25) is 24.1 Å². The molecule has 0 aliphatic carbocycles. The number of nitrogens with one attached hydrogen (secondary N) is 3. The van der Waals surface area contributed by atoms with E-state index in [9.17, 15) is 24.4 Å². The lowest BCUT2D eigenvalue weighted by atomic mass is 9.76. The van der Waals surface area contributed by atoms with Gasteiger partial charge in [-0.25, -0.2) is 0 Å². The van der Waals surface area contributed by atoms with Crippen molar-refractivity contribution in [2.24, 2.45) is 5.41 Å². The molecule has 1 saturated heterocycles. The Morgan fingerprint density at radius 1 is 0.780 bits per heavy atom. The van der Waals surface area contributed by atoms with Crippen LogP contribution in [0.5, 0.6) is 5.75 Å². The number of carbonyl (C=O) groups excluding carboxylic acids is 4. The number of Topliss-reactive ketones (excluding diaryl/α,β-unsaturated/α-hetero) is 1. The highest BCUT2D eigenvalue weighted by molar-refractivity contribution is 6.50. The topological polar surface area (TPSA) is 132 Å². The van der Waals surface area contributed by atoms with Crippen LogP contribution in [0, 0.1) is 10.6 Å². The second-order valence-corrected chi connectivity index (χ2v) is 18.3. The molecule has 0 radical (unpaired) electrons. The van der Waals surface area contributed by atoms with Crippen LogP contribution in [-0.4, -0.2) is 41.0 Å². The Labute approximate surface area is 354 Å². The lowest BCUT2D eigenvalue weighted by Gasteiger charge is -2.38. The molecule has 4 atom stereocenters. The maximum absolute atomic E-state index is 14.5. The number of amides is 3. The third-order valence-corrected chi connectivity index (χ3v) is 12.2. The number of para-hydroxylation sites is 1. The van der Waals surface area contributed by atoms with Gasteiger partial charge in [-0.05, 0) is 72.1 Å². The number of alkyl halides is 1. The molecule has 11 heteroatoms. The molecule has 0 saturated carbocycles. The van der Waals surface area contributed by atoms with E-state index in [0.717, 1.165) is 24.2 Å². The van der Waals surface area contributed by atoms with Crippen molar-refractivity contribution in [3.05, 3.63) is 125 Å². The van der Waals surface area contributed by atoms with Gasteiger partial charge >= 0.3 is 0 Å². The van der Waals surface area contributed by atoms with Crippen molar-refractivity contribution in [1.82, 2.24) is 0 Å². The number of ketones is 1. The molecule has 0 spiro atoms. The van der Waals surface area contributed by atoms with E-state index in [1.54, 1.807) is 99.6 Å². The average molecular weight is 823 g/mol. The Morgan fingerprint density at radius 3 is 1.97 bits per heavy atom. The Bertz CT molecular complexity index is 2130. The van der Waals surface area contributed by atoms with Crippen LogP contribution in [0.2, 0.25) is 0 Å². The summed E-state index contributed by atoms with van der Waals surface area (Å²) in [5, 5.41) is 19.4. The molecule has 10 nitrogen and oxygen atoms in total. The van der Waals surface area contributed by atoms with Gasteiger partial charge in [0.25, 0.3) is 11.8 Å². The molecule has 3 N–H and O–H groups in total. The number of hydrogen-bond acceptors (Lipinski definition) is 6. The summed E-state index contributed by atoms with van der Waals surface area (Å²) in [5.74, 6) is -2.00. The third kappa shape index (κ3) is 9.72. The van der Waals surface area contributed by atoms with Gasteiger partial charge in [-0.1, -0.05) is 141 Å². The van der Waals surface area contributed by atoms with Gasteiger partial charge in [0, 0.05) is 34.3 Å². The number of nitrogens with zero attached hydrogens (tertiary/aromatic N) is 1. The Hall–Kier alpha value is -5.03. The van der Waals surface area contributed by atoms with E-state index in [-0.39, 0.29) is 28.8 Å². The molecule has 4 aromatic carbocycles. The monoisotopic (exact) mass is 822 g/mol. The van der Waals surface area contributed by atoms with E-state index in [1.807, 2.05) is 6.07 Å². The highest BCUT2D eigenvalue weighted by Gasteiger charge is 2.66. The van der Waals surface area contributed by atoms with Crippen molar-refractivity contribution in [2.45, 2.75) is 116 Å². The molecule has 59 heavy (non-hydrogen) atoms. The highest BCUT2D eigenvalue weighted by atomic mass is 35.5. The molecule has 314 valence electrons. The van der Waals surface area contributed by atoms with Crippen molar-refractivity contribution in [3.63, 3.8) is 0 Å². The van der Waals surface area contributed by atoms with Crippen LogP contribution in [0.3, 0.4) is 0 Å². The van der Waals surface area contributed by atoms with Gasteiger partial charge in [0.05, 0.1) is 12.3 Å². The van der Waals surface area contributed by atoms with Crippen LogP contribution in [-0.2, 0) is 30.0 Å². The Morgan fingerprint density at radius 2 is 1.37 bits per heavy atom. The second-order valence-electron chi connectivity index (χ2n) is 17.7. The van der Waals surface area contributed by atoms with Crippen molar-refractivity contribution in [1.29, 1.82) is 0 Å². The van der Waals surface area contributed by atoms with Crippen molar-refractivity contribution in [2.75, 3.05) is 22.1 Å². The molecule has 1 aliphatic heterocycles. The van der Waals surface area contributed by atoms with E-state index in [2.05, 4.69) is 64.3 Å². The standard InChI is InChI=1S/C48H59ClN4O6/c1-10-46(6,7)33-27-28-38(37(30-33)47(8,9)11-2)59-29-19-26-39(54)50-34-22-18-23-35(31-34)51-44(57)48(49,43(56)45(3,4)5)40-42(55)52(36-24-16-13-17-25-36)41(53(40)58)32-20-14-12-15-21-32/h12-18,20-25,27-28,30-31,40-41,53H,10-11,19,26,29H2,1-9H3,(H,50,54)(H,51,57). The zero-order valence-corrected chi connectivity index (χ0v) is 36.5. The van der Waals surface area contributed by atoms with Crippen molar-refractivity contribution < 1.29 is 29.0 Å². The normalized spacial score (nSPS) is 18.3. The van der Waals surface area contributed by atoms with Crippen LogP contribution in [0.1, 0.15) is 111 Å². The first-order valence-electron chi connectivity index (χ1n) is 20.5. The van der Waals surface area contributed by atoms with Gasteiger partial charge in [0.2, 0.25) is 16.8 Å². The SMILES string of the molecule is CCC(C)(C)c1ccc(OCCCC(=O)Nc2cccc(NC(=O)C(Cl)(C(=O)C(C)(C)C)C3C(=O)N(c4ccccc4)C(c4ccccc4)[NH+]3[O-])c2)c(C(C)(C)CC)c1. The summed E-state index contributed by atoms with van der Waals surface area (Å²) in [6.45, 7) is 18.4. The molecular formula is C48H59ClN4O6. The average Bonchev–Trinajstić information content (AvgIpc) is 3.48. The number of ether oxygens (including phenoxy) is 1. The highest BCUT2D eigenvalue weighted by Crippen LogP contribution is 2.40. The lowest BCUT2D eigenvalue weighted by molar-refractivity contribution is -0.887. The van der Waals surface area contributed by atoms with Crippen LogP contribution in [0.15, 0.2) is 103 Å². The van der Waals surface area contributed by atoms with Gasteiger partial charge in [-0.2, -0.15) is 0 Å². The zero-order chi connectivity index (χ0) is 43.3. The summed E-state index contributed by atoms with van der Waals surface area (Å²) in [6, 6.07) is 28.4. The molecule has 1 aliphatic rings. The van der Waals surface area contributed by atoms with E-state index in [0.29, 0.717) is 30.0 Å². The number of benzene rings is 4. The Kier molecular flexibility index (Phi) is 13.8. The first-order valence-corrected chi connectivity index (χ1v) is 20.8. The second kappa shape index (κ2) is 18.1. The van der Waals surface area contributed by atoms with Gasteiger partial charge < -0.3 is 25.6 Å². The molecule has 4 unspecified atom stereocenters. The van der Waals surface area contributed by atoms with Crippen molar-refractivity contribution >= 4 is 52.2 Å². The van der Waals surface area contributed by atoms with E-state index >= 15 is 0 Å². The van der Waals surface area contributed by atoms with Crippen molar-refractivity contribution in [3.8, 4) is 5.75 Å². The summed E-state index contributed by atoms with van der Waals surface area (Å²) in [6.07, 6.45) is 1.48. The fraction of sp³-hybridized carbons (Fsp3) is 0.417. The maximum atomic E-state index is 14.5. The Balaban J connectivity index is 1.31. The predicted molar refractivity (Wildman–Crippen MR) is 236 cm³/mol. The molecule has 5 rings (SSSR count). The van der Waals surface area contributed by atoms with Gasteiger partial charge in [0.1, 0.15) is 5.75 Å². The molecular weight excluding hydrogens is 764 g/mol. The molecule has 4 aromatic rings. The number of halogens is 1. The van der Waals surface area contributed by atoms with E-state index < -0.39 is 45.2 Å². The molecule has 3 amide bonds. The molecule has 0 aromatic heterocycles. The molecule has 1 fully saturated rings. The van der Waals surface area contributed by atoms with Gasteiger partial charge in [0.15, 0.2) is 11.9 Å². The summed E-state index contributed by atoms with van der Waals surface area (Å²) < 4.78 is 6.27. The molecule has 1 heterocycles. The third-order valence-electron chi connectivity index (χ3n) is 11.7. The number of quaternary nitrogens is 1. The number of carbonyl (C=O) groups is 4. The fourth-order valence-electron chi connectivity index (χ4n) is 7.30. The van der Waals surface area contributed by atoms with Crippen LogP contribution < -0.4 is 25.3 Å².